The topological polar surface area (TPSA) is 150 Å². The molecule has 4 N–H and O–H groups in total. The summed E-state index contributed by atoms with van der Waals surface area (Å²) in [5.41, 5.74) is 8.51. The Morgan fingerprint density at radius 3 is 2.22 bits per heavy atom. The number of ether oxygens (including phenoxy) is 2. The molecule has 0 radical (unpaired) electrons. The molecule has 10 heteroatoms. The maximum atomic E-state index is 13.6. The second kappa shape index (κ2) is 16.2. The highest BCUT2D eigenvalue weighted by molar-refractivity contribution is 5.96. The van der Waals surface area contributed by atoms with Crippen molar-refractivity contribution >= 4 is 45.5 Å². The highest BCUT2D eigenvalue weighted by Crippen LogP contribution is 2.46. The number of hydrogen-bond donors (Lipinski definition) is 4. The van der Waals surface area contributed by atoms with Crippen molar-refractivity contribution < 1.29 is 29.3 Å². The Bertz CT molecular complexity index is 2260. The predicted molar refractivity (Wildman–Crippen MR) is 217 cm³/mol. The van der Waals surface area contributed by atoms with E-state index in [1.807, 2.05) is 26.0 Å². The largest absolute Gasteiger partial charge is 0.512 e. The van der Waals surface area contributed by atoms with E-state index >= 15 is 0 Å². The van der Waals surface area contributed by atoms with Gasteiger partial charge in [0.05, 0.1) is 36.2 Å². The summed E-state index contributed by atoms with van der Waals surface area (Å²) < 4.78 is 11.1. The number of rotatable bonds is 12. The van der Waals surface area contributed by atoms with Crippen molar-refractivity contribution in [2.45, 2.75) is 137 Å². The summed E-state index contributed by atoms with van der Waals surface area (Å²) in [4.78, 5) is 44.4. The zero-order valence-electron chi connectivity index (χ0n) is 34.4. The number of aliphatic hydroxyl groups is 2. The molecular formula is C45H60N4O6. The number of nitrogens with one attached hydrogen (secondary N) is 2. The molecular weight excluding hydrogens is 693 g/mol. The molecule has 0 saturated heterocycles. The van der Waals surface area contributed by atoms with Crippen molar-refractivity contribution in [3.8, 4) is 0 Å². The van der Waals surface area contributed by atoms with Gasteiger partial charge in [-0.1, -0.05) is 60.8 Å². The number of carbonyl (C=O) groups excluding carboxylic acids is 2. The fourth-order valence-electron chi connectivity index (χ4n) is 9.11. The third-order valence-corrected chi connectivity index (χ3v) is 12.5. The molecule has 0 saturated carbocycles. The van der Waals surface area contributed by atoms with Gasteiger partial charge in [-0.2, -0.15) is 0 Å². The zero-order valence-corrected chi connectivity index (χ0v) is 34.4. The number of fused-ring (bicyclic) bond motifs is 8. The lowest BCUT2D eigenvalue weighted by atomic mass is 9.84. The Morgan fingerprint density at radius 2 is 1.55 bits per heavy atom. The van der Waals surface area contributed by atoms with Gasteiger partial charge in [-0.15, -0.1) is 0 Å². The van der Waals surface area contributed by atoms with Crippen molar-refractivity contribution in [2.75, 3.05) is 13.7 Å². The third kappa shape index (κ3) is 7.66. The monoisotopic (exact) mass is 752 g/mol. The van der Waals surface area contributed by atoms with Crippen LogP contribution in [0.2, 0.25) is 0 Å². The number of aromatic amines is 2. The van der Waals surface area contributed by atoms with E-state index in [0.717, 1.165) is 69.2 Å². The lowest BCUT2D eigenvalue weighted by Crippen LogP contribution is -2.18. The number of aromatic nitrogens is 4. The van der Waals surface area contributed by atoms with Gasteiger partial charge in [0.15, 0.2) is 0 Å². The van der Waals surface area contributed by atoms with Gasteiger partial charge in [0.2, 0.25) is 0 Å². The highest BCUT2D eigenvalue weighted by Gasteiger charge is 2.41. The number of aliphatic hydroxyl groups excluding tert-OH is 2. The molecule has 3 aromatic rings. The molecule has 1 aliphatic carbocycles. The van der Waals surface area contributed by atoms with Crippen molar-refractivity contribution in [2.24, 2.45) is 11.8 Å². The van der Waals surface area contributed by atoms with E-state index in [-0.39, 0.29) is 47.6 Å². The minimum Gasteiger partial charge on any atom is -0.512 e. The first-order valence-corrected chi connectivity index (χ1v) is 20.3. The van der Waals surface area contributed by atoms with E-state index in [1.165, 1.54) is 20.0 Å². The molecule has 3 aliphatic rings. The van der Waals surface area contributed by atoms with Crippen molar-refractivity contribution in [1.29, 1.82) is 0 Å². The SMILES string of the molecule is CC[C@H]1c2cc3[nH]c4c(c5nc(cc6[nH]c(cc(n2)[C@@H]1C)/c(=C(/C)O)c6C)[C@@H](C)[C@@H]5CCC(=O)OCCC(C)CCCC(C)C)[C@@H](C(=O)OC)C(O)=c4c3C. The fourth-order valence-corrected chi connectivity index (χ4v) is 9.11. The molecule has 10 nitrogen and oxygen atoms in total. The van der Waals surface area contributed by atoms with Gasteiger partial charge < -0.3 is 29.7 Å². The summed E-state index contributed by atoms with van der Waals surface area (Å²) in [5, 5.41) is 24.1. The lowest BCUT2D eigenvalue weighted by Gasteiger charge is -2.19. The second-order valence-corrected chi connectivity index (χ2v) is 16.7. The van der Waals surface area contributed by atoms with Crippen LogP contribution in [-0.2, 0) is 19.1 Å². The lowest BCUT2D eigenvalue weighted by molar-refractivity contribution is -0.144. The summed E-state index contributed by atoms with van der Waals surface area (Å²) >= 11 is 0. The molecule has 6 rings (SSSR count). The van der Waals surface area contributed by atoms with Crippen LogP contribution in [0.1, 0.15) is 162 Å². The molecule has 0 aromatic carbocycles. The van der Waals surface area contributed by atoms with E-state index < -0.39 is 11.9 Å². The van der Waals surface area contributed by atoms with Gasteiger partial charge in [0.25, 0.3) is 0 Å². The van der Waals surface area contributed by atoms with Gasteiger partial charge >= 0.3 is 11.9 Å². The summed E-state index contributed by atoms with van der Waals surface area (Å²) in [5.74, 6) is -0.750. The Labute approximate surface area is 324 Å². The van der Waals surface area contributed by atoms with E-state index in [1.54, 1.807) is 6.92 Å². The molecule has 1 unspecified atom stereocenters. The van der Waals surface area contributed by atoms with Crippen LogP contribution in [0.25, 0.3) is 33.6 Å². The molecule has 0 amide bonds. The minimum absolute atomic E-state index is 0.0716. The van der Waals surface area contributed by atoms with Crippen molar-refractivity contribution in [1.82, 2.24) is 19.9 Å². The minimum atomic E-state index is -1.08. The maximum absolute atomic E-state index is 13.6. The first kappa shape index (κ1) is 40.1. The number of H-pyrrole nitrogens is 2. The Balaban J connectivity index is 1.51. The van der Waals surface area contributed by atoms with E-state index in [0.29, 0.717) is 46.9 Å². The van der Waals surface area contributed by atoms with E-state index in [4.69, 9.17) is 19.4 Å². The van der Waals surface area contributed by atoms with Gasteiger partial charge in [0, 0.05) is 74.2 Å². The molecule has 8 bridgehead atoms. The number of methoxy groups -OCH3 is 1. The first-order valence-electron chi connectivity index (χ1n) is 20.3. The summed E-state index contributed by atoms with van der Waals surface area (Å²) in [6.45, 7) is 19.1. The van der Waals surface area contributed by atoms with Gasteiger partial charge in [-0.3, -0.25) is 19.6 Å². The maximum Gasteiger partial charge on any atom is 0.321 e. The van der Waals surface area contributed by atoms with Crippen molar-refractivity contribution in [3.05, 3.63) is 68.1 Å². The van der Waals surface area contributed by atoms with Gasteiger partial charge in [-0.05, 0) is 81.2 Å². The molecule has 296 valence electrons. The van der Waals surface area contributed by atoms with E-state index in [9.17, 15) is 19.8 Å². The molecule has 6 atom stereocenters. The van der Waals surface area contributed by atoms with Crippen LogP contribution in [0.15, 0.2) is 18.2 Å². The third-order valence-electron chi connectivity index (χ3n) is 12.5. The normalized spacial score (nSPS) is 21.6. The number of esters is 2. The summed E-state index contributed by atoms with van der Waals surface area (Å²) in [6.07, 6.45) is 5.83. The predicted octanol–water partition coefficient (Wildman–Crippen LogP) is 8.91. The number of hydrogen-bond acceptors (Lipinski definition) is 8. The average Bonchev–Trinajstić information content (AvgIpc) is 3.87. The molecule has 3 aromatic heterocycles. The number of aryl methyl sites for hydroxylation is 2. The van der Waals surface area contributed by atoms with Crippen LogP contribution in [-0.4, -0.2) is 55.8 Å². The highest BCUT2D eigenvalue weighted by atomic mass is 16.5. The van der Waals surface area contributed by atoms with Crippen LogP contribution in [0.4, 0.5) is 0 Å². The quantitative estimate of drug-likeness (QED) is 0.134. The zero-order chi connectivity index (χ0) is 39.9. The van der Waals surface area contributed by atoms with Crippen LogP contribution in [0.5, 0.6) is 0 Å². The molecule has 5 heterocycles. The molecule has 0 spiro atoms. The van der Waals surface area contributed by atoms with Gasteiger partial charge in [0.1, 0.15) is 11.7 Å². The molecule has 55 heavy (non-hydrogen) atoms. The Morgan fingerprint density at radius 1 is 0.891 bits per heavy atom. The average molecular weight is 753 g/mol. The Kier molecular flexibility index (Phi) is 11.8. The smallest absolute Gasteiger partial charge is 0.321 e. The summed E-state index contributed by atoms with van der Waals surface area (Å²) in [6, 6.07) is 6.11. The van der Waals surface area contributed by atoms with Crippen LogP contribution >= 0.6 is 0 Å². The number of carbonyl (C=O) groups is 2. The van der Waals surface area contributed by atoms with E-state index in [2.05, 4.69) is 57.6 Å². The molecule has 2 aliphatic heterocycles. The summed E-state index contributed by atoms with van der Waals surface area (Å²) in [7, 11) is 1.33. The van der Waals surface area contributed by atoms with Crippen LogP contribution < -0.4 is 10.4 Å². The standard InChI is InChI=1S/C45H60N4O6/c1-11-29-24(5)31-21-36-38(28(9)50)26(7)33(47-36)19-32-25(6)30(15-16-37(51)55-18-17-23(4)14-12-13-22(2)3)42(48-32)40-41(45(53)54-10)44(52)39-27(8)34(49-43(39)40)20-35(29)46-31/h19-25,29-30,41,47,49-50,52H,11-18H2,1-10H3/b32-19?,35-20?,36-21?,38-28-/t23?,24-,25+,29-,30+,41-/m1/s1. The Hall–Kier alpha value is -4.60. The first-order chi connectivity index (χ1) is 26.2. The van der Waals surface area contributed by atoms with Crippen molar-refractivity contribution in [3.63, 3.8) is 0 Å². The fraction of sp³-hybridized carbons (Fsp3) is 0.556. The second-order valence-electron chi connectivity index (χ2n) is 16.7. The van der Waals surface area contributed by atoms with Crippen LogP contribution in [0, 0.1) is 25.7 Å². The number of nitrogens with zero attached hydrogens (tertiary/aromatic N) is 2. The molecule has 0 fully saturated rings. The van der Waals surface area contributed by atoms with Gasteiger partial charge in [-0.25, -0.2) is 0 Å². The van der Waals surface area contributed by atoms with Crippen LogP contribution in [0.3, 0.4) is 0 Å².